The van der Waals surface area contributed by atoms with Crippen LogP contribution in [0.4, 0.5) is 18.9 Å². The first-order valence-corrected chi connectivity index (χ1v) is 11.2. The van der Waals surface area contributed by atoms with Crippen molar-refractivity contribution in [3.8, 4) is 0 Å². The van der Waals surface area contributed by atoms with Crippen LogP contribution in [0.15, 0.2) is 61.3 Å². The van der Waals surface area contributed by atoms with Crippen molar-refractivity contribution < 1.29 is 27.6 Å². The number of imide groups is 1. The molecular formula is C26H21F3N4O3. The molecule has 184 valence electrons. The number of alkyl halides is 3. The average molecular weight is 494 g/mol. The molecule has 7 nitrogen and oxygen atoms in total. The Kier molecular flexibility index (Phi) is 5.66. The summed E-state index contributed by atoms with van der Waals surface area (Å²) in [6.07, 6.45) is -1.90. The summed E-state index contributed by atoms with van der Waals surface area (Å²) in [6.45, 7) is 4.71. The van der Waals surface area contributed by atoms with E-state index in [1.807, 2.05) is 0 Å². The van der Waals surface area contributed by atoms with Crippen molar-refractivity contribution in [1.82, 2.24) is 15.2 Å². The minimum absolute atomic E-state index is 0.00643. The molecule has 0 radical (unpaired) electrons. The molecule has 0 bridgehead atoms. The van der Waals surface area contributed by atoms with E-state index in [-0.39, 0.29) is 28.3 Å². The third-order valence-corrected chi connectivity index (χ3v) is 6.45. The van der Waals surface area contributed by atoms with Crippen LogP contribution in [0.25, 0.3) is 22.0 Å². The topological polar surface area (TPSA) is 85.5 Å². The molecule has 10 heteroatoms. The normalized spacial score (nSPS) is 16.6. The number of nitrogens with one attached hydrogen (secondary N) is 2. The second kappa shape index (κ2) is 8.71. The van der Waals surface area contributed by atoms with Crippen LogP contribution in [0, 0.1) is 0 Å². The number of para-hydroxylation sites is 1. The Bertz CT molecular complexity index is 1450. The number of nitrogens with zero attached hydrogens (tertiary/aromatic N) is 2. The Balaban J connectivity index is 1.63. The highest BCUT2D eigenvalue weighted by Crippen LogP contribution is 2.39. The number of carbonyl (C=O) groups excluding carboxylic acids is 3. The number of rotatable bonds is 4. The number of aromatic nitrogens is 1. The van der Waals surface area contributed by atoms with Gasteiger partial charge in [-0.2, -0.15) is 13.2 Å². The molecule has 1 fully saturated rings. The van der Waals surface area contributed by atoms with Gasteiger partial charge >= 0.3 is 6.18 Å². The van der Waals surface area contributed by atoms with Gasteiger partial charge in [-0.1, -0.05) is 24.8 Å². The fourth-order valence-electron chi connectivity index (χ4n) is 4.68. The van der Waals surface area contributed by atoms with Crippen molar-refractivity contribution in [3.05, 3.63) is 78.0 Å². The van der Waals surface area contributed by atoms with Crippen LogP contribution in [0.5, 0.6) is 0 Å². The number of aromatic amines is 1. The molecule has 0 spiro atoms. The van der Waals surface area contributed by atoms with Crippen LogP contribution in [-0.2, 0) is 20.6 Å². The zero-order chi connectivity index (χ0) is 25.6. The fraction of sp³-hybridized carbons (Fsp3) is 0.192. The van der Waals surface area contributed by atoms with E-state index >= 15 is 0 Å². The molecular weight excluding hydrogens is 473 g/mol. The zero-order valence-corrected chi connectivity index (χ0v) is 19.0. The van der Waals surface area contributed by atoms with E-state index in [9.17, 15) is 27.6 Å². The lowest BCUT2D eigenvalue weighted by molar-refractivity contribution is -0.137. The van der Waals surface area contributed by atoms with Gasteiger partial charge in [0, 0.05) is 54.5 Å². The Labute approximate surface area is 203 Å². The molecule has 0 unspecified atom stereocenters. The lowest BCUT2D eigenvalue weighted by Gasteiger charge is -2.36. The third kappa shape index (κ3) is 4.04. The van der Waals surface area contributed by atoms with E-state index in [4.69, 9.17) is 0 Å². The highest BCUT2D eigenvalue weighted by Gasteiger charge is 2.37. The van der Waals surface area contributed by atoms with Gasteiger partial charge in [-0.05, 0) is 35.9 Å². The van der Waals surface area contributed by atoms with Crippen LogP contribution in [0.3, 0.4) is 0 Å². The zero-order valence-electron chi connectivity index (χ0n) is 19.0. The average Bonchev–Trinajstić information content (AvgIpc) is 3.42. The summed E-state index contributed by atoms with van der Waals surface area (Å²) in [4.78, 5) is 43.9. The molecule has 2 aliphatic rings. The molecule has 2 aromatic carbocycles. The summed E-state index contributed by atoms with van der Waals surface area (Å²) < 4.78 is 41.7. The van der Waals surface area contributed by atoms with Crippen LogP contribution >= 0.6 is 0 Å². The minimum Gasteiger partial charge on any atom is -0.368 e. The summed E-state index contributed by atoms with van der Waals surface area (Å²) in [6, 6.07) is 10.5. The van der Waals surface area contributed by atoms with E-state index in [1.54, 1.807) is 40.3 Å². The Hall–Kier alpha value is -4.34. The van der Waals surface area contributed by atoms with E-state index in [0.717, 1.165) is 17.6 Å². The van der Waals surface area contributed by atoms with E-state index in [1.165, 1.54) is 12.1 Å². The molecule has 0 aliphatic carbocycles. The van der Waals surface area contributed by atoms with Gasteiger partial charge in [0.15, 0.2) is 0 Å². The van der Waals surface area contributed by atoms with Crippen LogP contribution in [0.1, 0.15) is 16.7 Å². The summed E-state index contributed by atoms with van der Waals surface area (Å²) in [5.41, 5.74) is 0.373. The van der Waals surface area contributed by atoms with E-state index < -0.39 is 23.6 Å². The largest absolute Gasteiger partial charge is 0.416 e. The van der Waals surface area contributed by atoms with Gasteiger partial charge in [-0.3, -0.25) is 19.7 Å². The highest BCUT2D eigenvalue weighted by atomic mass is 19.4. The number of halogens is 3. The second-order valence-electron chi connectivity index (χ2n) is 8.56. The van der Waals surface area contributed by atoms with Crippen molar-refractivity contribution in [3.63, 3.8) is 0 Å². The van der Waals surface area contributed by atoms with Crippen LogP contribution in [0.2, 0.25) is 0 Å². The number of piperazine rings is 1. The van der Waals surface area contributed by atoms with Gasteiger partial charge in [-0.15, -0.1) is 0 Å². The van der Waals surface area contributed by atoms with Crippen LogP contribution < -0.4 is 10.2 Å². The molecule has 0 atom stereocenters. The third-order valence-electron chi connectivity index (χ3n) is 6.45. The first-order chi connectivity index (χ1) is 17.2. The van der Waals surface area contributed by atoms with Gasteiger partial charge in [0.1, 0.15) is 0 Å². The first-order valence-electron chi connectivity index (χ1n) is 11.2. The smallest absolute Gasteiger partial charge is 0.368 e. The summed E-state index contributed by atoms with van der Waals surface area (Å²) >= 11 is 0. The van der Waals surface area contributed by atoms with Crippen molar-refractivity contribution in [2.24, 2.45) is 0 Å². The maximum atomic E-state index is 13.9. The van der Waals surface area contributed by atoms with E-state index in [0.29, 0.717) is 37.1 Å². The number of H-pyrrole nitrogens is 1. The molecule has 3 aromatic rings. The molecule has 2 N–H and O–H groups in total. The van der Waals surface area contributed by atoms with Gasteiger partial charge in [0.25, 0.3) is 11.8 Å². The predicted molar refractivity (Wildman–Crippen MR) is 129 cm³/mol. The van der Waals surface area contributed by atoms with Gasteiger partial charge in [-0.25, -0.2) is 0 Å². The maximum Gasteiger partial charge on any atom is 0.416 e. The predicted octanol–water partition coefficient (Wildman–Crippen LogP) is 3.59. The van der Waals surface area contributed by atoms with Crippen molar-refractivity contribution in [2.45, 2.75) is 6.18 Å². The number of fused-ring (bicyclic) bond motifs is 1. The maximum absolute atomic E-state index is 13.9. The molecule has 5 rings (SSSR count). The molecule has 36 heavy (non-hydrogen) atoms. The molecule has 2 aliphatic heterocycles. The van der Waals surface area contributed by atoms with Gasteiger partial charge in [0.05, 0.1) is 16.7 Å². The summed E-state index contributed by atoms with van der Waals surface area (Å²) in [5, 5.41) is 2.91. The van der Waals surface area contributed by atoms with Crippen molar-refractivity contribution in [2.75, 3.05) is 31.1 Å². The lowest BCUT2D eigenvalue weighted by Crippen LogP contribution is -2.48. The number of carbonyl (C=O) groups is 3. The number of amides is 3. The molecule has 1 saturated heterocycles. The number of anilines is 1. The molecule has 1 aromatic heterocycles. The molecule has 3 heterocycles. The Morgan fingerprint density at radius 3 is 2.36 bits per heavy atom. The first kappa shape index (κ1) is 23.4. The molecule has 3 amide bonds. The lowest BCUT2D eigenvalue weighted by atomic mass is 9.94. The minimum atomic E-state index is -4.67. The quantitative estimate of drug-likeness (QED) is 0.429. The van der Waals surface area contributed by atoms with Crippen LogP contribution in [-0.4, -0.2) is 53.8 Å². The van der Waals surface area contributed by atoms with E-state index in [2.05, 4.69) is 16.9 Å². The fourth-order valence-corrected chi connectivity index (χ4v) is 4.68. The standard InChI is InChI=1S/C26H21F3N4O3/c1-2-21(34)33-9-7-32(8-10-33)17-12-15(11-16(13-17)26(27,28)29)22-23(25(36)31-24(22)35)19-14-30-20-6-4-3-5-18(19)20/h2-6,11-14,30H,1,7-10H2,(H,31,35,36). The number of hydrogen-bond acceptors (Lipinski definition) is 4. The SMILES string of the molecule is C=CC(=O)N1CCN(c2cc(C3=C(c4c[nH]c5ccccc45)C(=O)NC3=O)cc(C(F)(F)F)c2)CC1. The highest BCUT2D eigenvalue weighted by molar-refractivity contribution is 6.50. The van der Waals surface area contributed by atoms with Gasteiger partial charge < -0.3 is 14.8 Å². The molecule has 0 saturated carbocycles. The summed E-state index contributed by atoms with van der Waals surface area (Å²) in [7, 11) is 0. The monoisotopic (exact) mass is 494 g/mol. The van der Waals surface area contributed by atoms with Crippen molar-refractivity contribution >= 4 is 45.5 Å². The van der Waals surface area contributed by atoms with Gasteiger partial charge in [0.2, 0.25) is 5.91 Å². The number of hydrogen-bond donors (Lipinski definition) is 2. The van der Waals surface area contributed by atoms with Crippen molar-refractivity contribution in [1.29, 1.82) is 0 Å². The summed E-state index contributed by atoms with van der Waals surface area (Å²) in [5.74, 6) is -1.67. The second-order valence-corrected chi connectivity index (χ2v) is 8.56. The Morgan fingerprint density at radius 1 is 0.972 bits per heavy atom. The number of benzene rings is 2. The Morgan fingerprint density at radius 2 is 1.67 bits per heavy atom.